The molecule has 3 aromatic heterocycles. The van der Waals surface area contributed by atoms with Crippen LogP contribution in [-0.2, 0) is 0 Å². The predicted molar refractivity (Wildman–Crippen MR) is 246 cm³/mol. The van der Waals surface area contributed by atoms with Crippen molar-refractivity contribution in [2.45, 2.75) is 0 Å². The predicted octanol–water partition coefficient (Wildman–Crippen LogP) is 15.0. The van der Waals surface area contributed by atoms with E-state index in [4.69, 9.17) is 23.8 Å². The molecule has 0 aliphatic rings. The second-order valence-corrected chi connectivity index (χ2v) is 15.5. The number of nitrogens with zero attached hydrogens (tertiary/aromatic N) is 3. The lowest BCUT2D eigenvalue weighted by Crippen LogP contribution is -2.01. The smallest absolute Gasteiger partial charge is 0.164 e. The Labute approximate surface area is 342 Å². The molecule has 0 N–H and O–H groups in total. The largest absolute Gasteiger partial charge is 0.456 e. The number of hydrogen-bond acceptors (Lipinski definition) is 5. The van der Waals surface area contributed by atoms with Crippen molar-refractivity contribution in [3.8, 4) is 45.3 Å². The van der Waals surface area contributed by atoms with E-state index in [-0.39, 0.29) is 0 Å². The van der Waals surface area contributed by atoms with Crippen LogP contribution in [0.1, 0.15) is 0 Å². The van der Waals surface area contributed by atoms with Gasteiger partial charge < -0.3 is 8.83 Å². The first-order valence-electron chi connectivity index (χ1n) is 20.2. The van der Waals surface area contributed by atoms with Gasteiger partial charge in [0.05, 0.1) is 0 Å². The third-order valence-electron chi connectivity index (χ3n) is 12.1. The van der Waals surface area contributed by atoms with E-state index in [1.807, 2.05) is 24.3 Å². The quantitative estimate of drug-likeness (QED) is 0.167. The highest BCUT2D eigenvalue weighted by Crippen LogP contribution is 2.41. The Hall–Kier alpha value is -8.15. The molecule has 13 aromatic rings. The highest BCUT2D eigenvalue weighted by Gasteiger charge is 2.21. The summed E-state index contributed by atoms with van der Waals surface area (Å²) in [7, 11) is 0. The van der Waals surface area contributed by atoms with Gasteiger partial charge in [0.25, 0.3) is 0 Å². The van der Waals surface area contributed by atoms with Crippen LogP contribution in [0.3, 0.4) is 0 Å². The molecule has 0 amide bonds. The number of fused-ring (bicyclic) bond motifs is 12. The fourth-order valence-corrected chi connectivity index (χ4v) is 9.23. The molecule has 0 spiro atoms. The Kier molecular flexibility index (Phi) is 6.95. The maximum absolute atomic E-state index is 6.64. The highest BCUT2D eigenvalue weighted by atomic mass is 16.3. The zero-order chi connectivity index (χ0) is 39.3. The van der Waals surface area contributed by atoms with Gasteiger partial charge >= 0.3 is 0 Å². The van der Waals surface area contributed by atoms with Crippen LogP contribution >= 0.6 is 0 Å². The molecule has 5 heteroatoms. The van der Waals surface area contributed by atoms with Gasteiger partial charge in [0.15, 0.2) is 17.5 Å². The second-order valence-electron chi connectivity index (χ2n) is 15.5. The number of para-hydroxylation sites is 1. The normalized spacial score (nSPS) is 12.0. The molecule has 60 heavy (non-hydrogen) atoms. The minimum atomic E-state index is 0.575. The van der Waals surface area contributed by atoms with Crippen molar-refractivity contribution in [3.05, 3.63) is 188 Å². The Bertz CT molecular complexity index is 3910. The van der Waals surface area contributed by atoms with Crippen LogP contribution in [0.2, 0.25) is 0 Å². The van der Waals surface area contributed by atoms with E-state index in [1.165, 1.54) is 16.2 Å². The van der Waals surface area contributed by atoms with Gasteiger partial charge in [0.2, 0.25) is 0 Å². The molecule has 0 unspecified atom stereocenters. The molecular weight excluding hydrogens is 735 g/mol. The van der Waals surface area contributed by atoms with Gasteiger partial charge in [-0.05, 0) is 103 Å². The van der Waals surface area contributed by atoms with Crippen molar-refractivity contribution in [2.24, 2.45) is 0 Å². The molecule has 3 heterocycles. The van der Waals surface area contributed by atoms with Crippen LogP contribution < -0.4 is 0 Å². The zero-order valence-electron chi connectivity index (χ0n) is 32.1. The summed E-state index contributed by atoms with van der Waals surface area (Å²) in [5.41, 5.74) is 8.25. The van der Waals surface area contributed by atoms with Gasteiger partial charge in [-0.3, -0.25) is 0 Å². The van der Waals surface area contributed by atoms with Gasteiger partial charge in [-0.25, -0.2) is 15.0 Å². The maximum atomic E-state index is 6.64. The molecule has 0 atom stereocenters. The van der Waals surface area contributed by atoms with Crippen LogP contribution in [0.4, 0.5) is 0 Å². The molecule has 0 radical (unpaired) electrons. The van der Waals surface area contributed by atoms with Crippen LogP contribution in [0.5, 0.6) is 0 Å². The van der Waals surface area contributed by atoms with Gasteiger partial charge in [-0.2, -0.15) is 0 Å². The first kappa shape index (κ1) is 32.9. The molecule has 0 bridgehead atoms. The number of rotatable bonds is 4. The lowest BCUT2D eigenvalue weighted by molar-refractivity contribution is 0.669. The van der Waals surface area contributed by atoms with E-state index >= 15 is 0 Å². The van der Waals surface area contributed by atoms with Crippen LogP contribution in [0, 0.1) is 0 Å². The number of aromatic nitrogens is 3. The van der Waals surface area contributed by atoms with E-state index in [0.29, 0.717) is 17.5 Å². The fraction of sp³-hybridized carbons (Fsp3) is 0. The second kappa shape index (κ2) is 12.7. The summed E-state index contributed by atoms with van der Waals surface area (Å²) >= 11 is 0. The molecular formula is C55H31N3O2. The SMILES string of the molecule is c1ccc2cc(-c3ccc4c(c3)oc3cccc(-c5nc(-c6ccc7ccc8oc9ccccc9c8c7c6)nc(-c6cc7ccccc7c7ccccc67)n5)c34)ccc2c1. The van der Waals surface area contributed by atoms with Gasteiger partial charge in [0, 0.05) is 38.2 Å². The van der Waals surface area contributed by atoms with Crippen molar-refractivity contribution in [1.29, 1.82) is 0 Å². The van der Waals surface area contributed by atoms with E-state index in [0.717, 1.165) is 98.6 Å². The minimum absolute atomic E-state index is 0.575. The maximum Gasteiger partial charge on any atom is 0.164 e. The molecule has 10 aromatic carbocycles. The monoisotopic (exact) mass is 765 g/mol. The van der Waals surface area contributed by atoms with Gasteiger partial charge in [0.1, 0.15) is 22.3 Å². The van der Waals surface area contributed by atoms with Crippen molar-refractivity contribution in [3.63, 3.8) is 0 Å². The van der Waals surface area contributed by atoms with E-state index < -0.39 is 0 Å². The van der Waals surface area contributed by atoms with Gasteiger partial charge in [-0.15, -0.1) is 0 Å². The zero-order valence-corrected chi connectivity index (χ0v) is 32.1. The number of benzene rings is 10. The summed E-state index contributed by atoms with van der Waals surface area (Å²) in [6.45, 7) is 0. The van der Waals surface area contributed by atoms with Crippen LogP contribution in [0.15, 0.2) is 197 Å². The molecule has 5 nitrogen and oxygen atoms in total. The summed E-state index contributed by atoms with van der Waals surface area (Å²) in [4.78, 5) is 16.0. The fourth-order valence-electron chi connectivity index (χ4n) is 9.23. The molecule has 0 saturated carbocycles. The minimum Gasteiger partial charge on any atom is -0.456 e. The topological polar surface area (TPSA) is 65.0 Å². The van der Waals surface area contributed by atoms with Crippen LogP contribution in [0.25, 0.3) is 132 Å². The summed E-state index contributed by atoms with van der Waals surface area (Å²) < 4.78 is 12.9. The molecule has 0 saturated heterocycles. The number of hydrogen-bond donors (Lipinski definition) is 0. The van der Waals surface area contributed by atoms with E-state index in [2.05, 4.69) is 164 Å². The summed E-state index contributed by atoms with van der Waals surface area (Å²) in [5, 5.41) is 13.3. The lowest BCUT2D eigenvalue weighted by atomic mass is 9.96. The first-order chi connectivity index (χ1) is 29.7. The molecule has 0 aliphatic carbocycles. The molecule has 0 fully saturated rings. The Morgan fingerprint density at radius 3 is 1.77 bits per heavy atom. The van der Waals surface area contributed by atoms with Crippen molar-refractivity contribution in [1.82, 2.24) is 15.0 Å². The standard InChI is InChI=1S/C55H31N3O2/c1-2-11-34-28-35(22-20-32(34)10-1)36-24-26-43-50(31-36)60-48-19-9-17-44(51(43)48)54-56-53(38-23-21-33-25-27-49-52(45(33)30-38)42-16-7-8-18-47(42)59-49)57-55(58-54)46-29-37-12-3-4-13-39(37)40-14-5-6-15-41(40)46/h1-31H. The molecule has 0 aliphatic heterocycles. The Balaban J connectivity index is 1.05. The lowest BCUT2D eigenvalue weighted by Gasteiger charge is -2.13. The third kappa shape index (κ3) is 5.03. The molecule has 278 valence electrons. The van der Waals surface area contributed by atoms with Crippen molar-refractivity contribution < 1.29 is 8.83 Å². The third-order valence-corrected chi connectivity index (χ3v) is 12.1. The van der Waals surface area contributed by atoms with Gasteiger partial charge in [-0.1, -0.05) is 140 Å². The van der Waals surface area contributed by atoms with Crippen molar-refractivity contribution >= 4 is 87.0 Å². The average molecular weight is 766 g/mol. The van der Waals surface area contributed by atoms with E-state index in [1.54, 1.807) is 0 Å². The molecule has 13 rings (SSSR count). The highest BCUT2D eigenvalue weighted by molar-refractivity contribution is 6.19. The first-order valence-corrected chi connectivity index (χ1v) is 20.2. The summed E-state index contributed by atoms with van der Waals surface area (Å²) in [6, 6.07) is 65.7. The van der Waals surface area contributed by atoms with E-state index in [9.17, 15) is 0 Å². The Morgan fingerprint density at radius 2 is 0.867 bits per heavy atom. The summed E-state index contributed by atoms with van der Waals surface area (Å²) in [5.74, 6) is 1.76. The van der Waals surface area contributed by atoms with Crippen LogP contribution in [-0.4, -0.2) is 15.0 Å². The average Bonchev–Trinajstić information content (AvgIpc) is 3.89. The number of furan rings is 2. The Morgan fingerprint density at radius 1 is 0.267 bits per heavy atom. The summed E-state index contributed by atoms with van der Waals surface area (Å²) in [6.07, 6.45) is 0. The van der Waals surface area contributed by atoms with Crippen molar-refractivity contribution in [2.75, 3.05) is 0 Å².